The zero-order valence-corrected chi connectivity index (χ0v) is 6.72. The van der Waals surface area contributed by atoms with Crippen molar-refractivity contribution in [3.63, 3.8) is 0 Å². The Balaban J connectivity index is 2.16. The number of hydrogen-bond acceptors (Lipinski definition) is 0. The molecule has 2 rings (SSSR count). The van der Waals surface area contributed by atoms with E-state index in [1.54, 1.807) is 0 Å². The minimum Gasteiger partial charge on any atom is -0.0619 e. The van der Waals surface area contributed by atoms with Crippen LogP contribution in [0.2, 0.25) is 0 Å². The molecule has 1 radical (unpaired) electrons. The third kappa shape index (κ3) is 1.45. The van der Waals surface area contributed by atoms with Crippen LogP contribution in [0.5, 0.6) is 0 Å². The molecule has 1 aliphatic rings. The Kier molecular flexibility index (Phi) is 1.93. The first-order valence-electron chi connectivity index (χ1n) is 4.43. The quantitative estimate of drug-likeness (QED) is 0.569. The predicted octanol–water partition coefficient (Wildman–Crippen LogP) is 3.14. The van der Waals surface area contributed by atoms with Crippen LogP contribution in [-0.4, -0.2) is 0 Å². The lowest BCUT2D eigenvalue weighted by molar-refractivity contribution is 0.722. The van der Waals surface area contributed by atoms with E-state index in [1.165, 1.54) is 31.2 Å². The first-order valence-corrected chi connectivity index (χ1v) is 4.43. The van der Waals surface area contributed by atoms with Gasteiger partial charge in [0, 0.05) is 0 Å². The summed E-state index contributed by atoms with van der Waals surface area (Å²) in [6, 6.07) is 11.7. The standard InChI is InChI=1S/C11H13/c1-2-6-10(7-3-1)11-8-4-5-9-11/h1-3,6,11H,4-5,8-9H2. The monoisotopic (exact) mass is 145 g/mol. The van der Waals surface area contributed by atoms with Gasteiger partial charge in [-0.3, -0.25) is 0 Å². The molecule has 0 heteroatoms. The van der Waals surface area contributed by atoms with Gasteiger partial charge in [-0.05, 0) is 30.4 Å². The summed E-state index contributed by atoms with van der Waals surface area (Å²) in [5, 5.41) is 0. The smallest absolute Gasteiger partial charge is 0.0146 e. The summed E-state index contributed by atoms with van der Waals surface area (Å²) < 4.78 is 0. The van der Waals surface area contributed by atoms with Crippen molar-refractivity contribution in [2.45, 2.75) is 31.6 Å². The minimum absolute atomic E-state index is 0.816. The molecule has 0 aromatic heterocycles. The van der Waals surface area contributed by atoms with Crippen LogP contribution < -0.4 is 0 Å². The number of benzene rings is 1. The summed E-state index contributed by atoms with van der Waals surface area (Å²) in [5.74, 6) is 0.816. The van der Waals surface area contributed by atoms with Crippen LogP contribution in [0.1, 0.15) is 37.2 Å². The van der Waals surface area contributed by atoms with Gasteiger partial charge in [0.1, 0.15) is 0 Å². The maximum absolute atomic E-state index is 3.31. The molecular formula is C11H13. The normalized spacial score (nSPS) is 18.9. The topological polar surface area (TPSA) is 0 Å². The fourth-order valence-electron chi connectivity index (χ4n) is 1.90. The number of hydrogen-bond donors (Lipinski definition) is 0. The van der Waals surface area contributed by atoms with Crippen LogP contribution in [-0.2, 0) is 0 Å². The largest absolute Gasteiger partial charge is 0.0619 e. The molecule has 1 aromatic rings. The lowest BCUT2D eigenvalue weighted by Gasteiger charge is -2.06. The first kappa shape index (κ1) is 6.90. The average Bonchev–Trinajstić information content (AvgIpc) is 2.58. The third-order valence-electron chi connectivity index (χ3n) is 2.53. The van der Waals surface area contributed by atoms with E-state index >= 15 is 0 Å². The maximum Gasteiger partial charge on any atom is -0.0146 e. The molecule has 0 saturated heterocycles. The van der Waals surface area contributed by atoms with E-state index in [4.69, 9.17) is 0 Å². The van der Waals surface area contributed by atoms with E-state index < -0.39 is 0 Å². The van der Waals surface area contributed by atoms with Gasteiger partial charge < -0.3 is 0 Å². The lowest BCUT2D eigenvalue weighted by atomic mass is 9.98. The Bertz CT molecular complexity index is 207. The van der Waals surface area contributed by atoms with Gasteiger partial charge in [0.05, 0.1) is 0 Å². The van der Waals surface area contributed by atoms with Gasteiger partial charge in [0.2, 0.25) is 0 Å². The second-order valence-electron chi connectivity index (χ2n) is 3.30. The molecule has 0 amide bonds. The summed E-state index contributed by atoms with van der Waals surface area (Å²) in [6.07, 6.45) is 5.57. The lowest BCUT2D eigenvalue weighted by Crippen LogP contribution is -1.90. The van der Waals surface area contributed by atoms with Gasteiger partial charge in [-0.2, -0.15) is 0 Å². The van der Waals surface area contributed by atoms with Crippen LogP contribution in [0.15, 0.2) is 24.3 Å². The van der Waals surface area contributed by atoms with E-state index in [0.29, 0.717) is 0 Å². The summed E-state index contributed by atoms with van der Waals surface area (Å²) in [5.41, 5.74) is 1.42. The zero-order valence-electron chi connectivity index (χ0n) is 6.72. The fraction of sp³-hybridized carbons (Fsp3) is 0.455. The van der Waals surface area contributed by atoms with Crippen molar-refractivity contribution in [1.82, 2.24) is 0 Å². The Hall–Kier alpha value is -0.780. The maximum atomic E-state index is 3.31. The summed E-state index contributed by atoms with van der Waals surface area (Å²) >= 11 is 0. The van der Waals surface area contributed by atoms with Crippen LogP contribution in [0.3, 0.4) is 0 Å². The minimum atomic E-state index is 0.816. The van der Waals surface area contributed by atoms with Gasteiger partial charge in [-0.25, -0.2) is 0 Å². The molecule has 1 aromatic carbocycles. The van der Waals surface area contributed by atoms with Crippen molar-refractivity contribution >= 4 is 0 Å². The van der Waals surface area contributed by atoms with Crippen LogP contribution in [0, 0.1) is 6.07 Å². The summed E-state index contributed by atoms with van der Waals surface area (Å²) in [6.45, 7) is 0. The highest BCUT2D eigenvalue weighted by atomic mass is 14.2. The average molecular weight is 145 g/mol. The van der Waals surface area contributed by atoms with Crippen LogP contribution >= 0.6 is 0 Å². The van der Waals surface area contributed by atoms with Gasteiger partial charge in [-0.1, -0.05) is 37.1 Å². The molecule has 0 heterocycles. The van der Waals surface area contributed by atoms with Crippen molar-refractivity contribution in [1.29, 1.82) is 0 Å². The molecule has 0 atom stereocenters. The van der Waals surface area contributed by atoms with E-state index in [2.05, 4.69) is 18.2 Å². The molecule has 0 aliphatic heterocycles. The zero-order chi connectivity index (χ0) is 7.52. The van der Waals surface area contributed by atoms with Crippen LogP contribution in [0.25, 0.3) is 0 Å². The predicted molar refractivity (Wildman–Crippen MR) is 46.5 cm³/mol. The molecular weight excluding hydrogens is 132 g/mol. The van der Waals surface area contributed by atoms with Gasteiger partial charge in [0.25, 0.3) is 0 Å². The Morgan fingerprint density at radius 1 is 1.18 bits per heavy atom. The Morgan fingerprint density at radius 3 is 2.64 bits per heavy atom. The molecule has 0 N–H and O–H groups in total. The molecule has 0 spiro atoms. The molecule has 11 heavy (non-hydrogen) atoms. The second kappa shape index (κ2) is 3.08. The highest BCUT2D eigenvalue weighted by Gasteiger charge is 2.15. The highest BCUT2D eigenvalue weighted by molar-refractivity contribution is 5.18. The summed E-state index contributed by atoms with van der Waals surface area (Å²) in [7, 11) is 0. The molecule has 1 aliphatic carbocycles. The molecule has 1 saturated carbocycles. The SMILES string of the molecule is [c]1ccccc1C1CCCC1. The van der Waals surface area contributed by atoms with E-state index in [-0.39, 0.29) is 0 Å². The fourth-order valence-corrected chi connectivity index (χ4v) is 1.90. The highest BCUT2D eigenvalue weighted by Crippen LogP contribution is 2.33. The van der Waals surface area contributed by atoms with Gasteiger partial charge in [-0.15, -0.1) is 0 Å². The van der Waals surface area contributed by atoms with Crippen molar-refractivity contribution in [2.75, 3.05) is 0 Å². The molecule has 0 nitrogen and oxygen atoms in total. The third-order valence-corrected chi connectivity index (χ3v) is 2.53. The molecule has 0 unspecified atom stereocenters. The van der Waals surface area contributed by atoms with Crippen molar-refractivity contribution in [3.8, 4) is 0 Å². The van der Waals surface area contributed by atoms with E-state index in [0.717, 1.165) is 5.92 Å². The Morgan fingerprint density at radius 2 is 2.00 bits per heavy atom. The number of rotatable bonds is 1. The molecule has 57 valence electrons. The molecule has 1 fully saturated rings. The van der Waals surface area contributed by atoms with E-state index in [9.17, 15) is 0 Å². The second-order valence-corrected chi connectivity index (χ2v) is 3.30. The van der Waals surface area contributed by atoms with Crippen LogP contribution in [0.4, 0.5) is 0 Å². The van der Waals surface area contributed by atoms with Crippen molar-refractivity contribution in [2.24, 2.45) is 0 Å². The van der Waals surface area contributed by atoms with Gasteiger partial charge in [0.15, 0.2) is 0 Å². The van der Waals surface area contributed by atoms with Gasteiger partial charge >= 0.3 is 0 Å². The summed E-state index contributed by atoms with van der Waals surface area (Å²) in [4.78, 5) is 0. The Labute approximate surface area is 68.3 Å². The van der Waals surface area contributed by atoms with Crippen molar-refractivity contribution in [3.05, 3.63) is 35.9 Å². The molecule has 0 bridgehead atoms. The first-order chi connectivity index (χ1) is 5.47. The van der Waals surface area contributed by atoms with Crippen molar-refractivity contribution < 1.29 is 0 Å². The van der Waals surface area contributed by atoms with E-state index in [1.807, 2.05) is 12.1 Å².